The molecule has 1 atom stereocenters. The molecule has 2 aliphatic heterocycles. The first-order valence-electron chi connectivity index (χ1n) is 23.1. The van der Waals surface area contributed by atoms with Crippen LogP contribution in [0.2, 0.25) is 0 Å². The number of anilines is 3. The molecule has 324 valence electrons. The minimum atomic E-state index is -0.986. The summed E-state index contributed by atoms with van der Waals surface area (Å²) in [5.74, 6) is 1.49. The van der Waals surface area contributed by atoms with Crippen molar-refractivity contribution in [2.24, 2.45) is 0 Å². The molecule has 8 aromatic carbocycles. The van der Waals surface area contributed by atoms with Crippen LogP contribution in [0.25, 0.3) is 66.4 Å². The Morgan fingerprint density at radius 1 is 0.429 bits per heavy atom. The van der Waals surface area contributed by atoms with Gasteiger partial charge in [0.1, 0.15) is 11.5 Å². The Morgan fingerprint density at radius 3 is 1.57 bits per heavy atom. The first kappa shape index (κ1) is 38.7. The van der Waals surface area contributed by atoms with E-state index in [0.29, 0.717) is 11.1 Å². The Labute approximate surface area is 405 Å². The van der Waals surface area contributed by atoms with Gasteiger partial charge in [-0.1, -0.05) is 90.6 Å². The molecule has 0 N–H and O–H groups in total. The zero-order valence-electron chi connectivity index (χ0n) is 37.0. The SMILES string of the molecule is N#Cc1ccc2c(c1)c1ccccc1n2-c1ccc2c(c1)C1(c3ccccc3O2)c2cc(N3c4ccccc4Sc4ccccc43)cnc2-c2ncc(-n3c4ccccc4c4cc(C#N)ccc43)cc21. The third-order valence-electron chi connectivity index (χ3n) is 14.5. The van der Waals surface area contributed by atoms with Gasteiger partial charge < -0.3 is 18.8 Å². The monoisotopic (exact) mass is 911 g/mol. The lowest BCUT2D eigenvalue weighted by Gasteiger charge is -2.40. The van der Waals surface area contributed by atoms with E-state index in [9.17, 15) is 10.5 Å². The molecule has 70 heavy (non-hydrogen) atoms. The highest BCUT2D eigenvalue weighted by Gasteiger charge is 2.53. The molecular weight excluding hydrogens is 879 g/mol. The predicted octanol–water partition coefficient (Wildman–Crippen LogP) is 14.8. The summed E-state index contributed by atoms with van der Waals surface area (Å²) in [4.78, 5) is 15.6. The maximum Gasteiger partial charge on any atom is 0.132 e. The van der Waals surface area contributed by atoms with Crippen molar-refractivity contribution in [3.63, 3.8) is 0 Å². The number of ether oxygens (including phenoxy) is 1. The van der Waals surface area contributed by atoms with Crippen molar-refractivity contribution >= 4 is 72.4 Å². The molecule has 1 aliphatic carbocycles. The van der Waals surface area contributed by atoms with E-state index in [2.05, 4.69) is 172 Å². The van der Waals surface area contributed by atoms with Crippen LogP contribution in [0.5, 0.6) is 11.5 Å². The number of para-hydroxylation sites is 5. The average molecular weight is 912 g/mol. The van der Waals surface area contributed by atoms with Crippen LogP contribution in [-0.4, -0.2) is 19.1 Å². The van der Waals surface area contributed by atoms with Gasteiger partial charge in [0.15, 0.2) is 0 Å². The van der Waals surface area contributed by atoms with Gasteiger partial charge in [-0.15, -0.1) is 0 Å². The number of hydrogen-bond acceptors (Lipinski definition) is 7. The van der Waals surface area contributed by atoms with Crippen LogP contribution in [0, 0.1) is 22.7 Å². The molecule has 0 fully saturated rings. The molecule has 0 saturated heterocycles. The van der Waals surface area contributed by atoms with Crippen LogP contribution < -0.4 is 9.64 Å². The zero-order chi connectivity index (χ0) is 46.2. The number of hydrogen-bond donors (Lipinski definition) is 0. The lowest BCUT2D eigenvalue weighted by molar-refractivity contribution is 0.436. The van der Waals surface area contributed by atoms with E-state index in [1.165, 1.54) is 9.79 Å². The second-order valence-corrected chi connectivity index (χ2v) is 19.1. The third kappa shape index (κ3) is 5.13. The molecular formula is C61H33N7OS. The molecule has 8 nitrogen and oxygen atoms in total. The van der Waals surface area contributed by atoms with E-state index >= 15 is 0 Å². The van der Waals surface area contributed by atoms with Crippen LogP contribution in [0.15, 0.2) is 210 Å². The second-order valence-electron chi connectivity index (χ2n) is 18.0. The molecule has 12 aromatic rings. The fraction of sp³-hybridized carbons (Fsp3) is 0.0164. The highest BCUT2D eigenvalue weighted by atomic mass is 32.2. The fourth-order valence-electron chi connectivity index (χ4n) is 11.6. The summed E-state index contributed by atoms with van der Waals surface area (Å²) in [5, 5.41) is 24.1. The van der Waals surface area contributed by atoms with Gasteiger partial charge in [-0.2, -0.15) is 10.5 Å². The molecule has 3 aliphatic rings. The van der Waals surface area contributed by atoms with Crippen molar-refractivity contribution in [2.75, 3.05) is 4.90 Å². The van der Waals surface area contributed by atoms with Crippen LogP contribution in [0.1, 0.15) is 33.4 Å². The summed E-state index contributed by atoms with van der Waals surface area (Å²) in [7, 11) is 0. The summed E-state index contributed by atoms with van der Waals surface area (Å²) in [6.45, 7) is 0. The van der Waals surface area contributed by atoms with Crippen molar-refractivity contribution in [3.8, 4) is 46.4 Å². The Balaban J connectivity index is 1.06. The predicted molar refractivity (Wildman–Crippen MR) is 276 cm³/mol. The number of fused-ring (bicyclic) bond motifs is 17. The van der Waals surface area contributed by atoms with Crippen molar-refractivity contribution in [1.29, 1.82) is 10.5 Å². The van der Waals surface area contributed by atoms with Crippen LogP contribution in [0.4, 0.5) is 17.1 Å². The van der Waals surface area contributed by atoms with Crippen molar-refractivity contribution in [2.45, 2.75) is 15.2 Å². The number of rotatable bonds is 3. The number of nitrogens with zero attached hydrogens (tertiary/aromatic N) is 7. The first-order valence-corrected chi connectivity index (χ1v) is 23.9. The number of benzene rings is 8. The average Bonchev–Trinajstić information content (AvgIpc) is 4.04. The summed E-state index contributed by atoms with van der Waals surface area (Å²) in [6, 6.07) is 70.0. The maximum absolute atomic E-state index is 9.99. The van der Waals surface area contributed by atoms with Gasteiger partial charge in [-0.25, -0.2) is 0 Å². The normalized spacial score (nSPS) is 14.9. The molecule has 15 rings (SSSR count). The van der Waals surface area contributed by atoms with Gasteiger partial charge >= 0.3 is 0 Å². The largest absolute Gasteiger partial charge is 0.457 e. The highest BCUT2D eigenvalue weighted by Crippen LogP contribution is 2.63. The zero-order valence-corrected chi connectivity index (χ0v) is 37.8. The van der Waals surface area contributed by atoms with Gasteiger partial charge in [0.2, 0.25) is 0 Å². The minimum absolute atomic E-state index is 0.608. The Kier molecular flexibility index (Phi) is 7.90. The minimum Gasteiger partial charge on any atom is -0.457 e. The molecule has 0 bridgehead atoms. The molecule has 0 radical (unpaired) electrons. The summed E-state index contributed by atoms with van der Waals surface area (Å²) >= 11 is 1.78. The standard InChI is InChI=1S/C61H33N7OS/c62-32-36-21-24-51-43(27-36)41-11-1-4-14-49(41)66(51)38-23-26-56-46(29-38)61(45-13-3-8-18-55(45)69-56)47-30-39(67-50-15-5-2-12-42(50)44-28-37(33-63)22-25-52(44)67)34-64-59(47)60-48(61)31-40(35-65-60)68-53-16-6-9-19-57(53)70-58-20-10-7-17-54(58)68/h1-31,34-35H. The van der Waals surface area contributed by atoms with Gasteiger partial charge in [0.05, 0.1) is 97.3 Å². The molecule has 0 amide bonds. The number of nitriles is 2. The van der Waals surface area contributed by atoms with Crippen molar-refractivity contribution in [1.82, 2.24) is 19.1 Å². The van der Waals surface area contributed by atoms with E-state index in [-0.39, 0.29) is 0 Å². The first-order chi connectivity index (χ1) is 34.6. The Bertz CT molecular complexity index is 4340. The molecule has 6 heterocycles. The van der Waals surface area contributed by atoms with Crippen molar-refractivity contribution < 1.29 is 4.74 Å². The maximum atomic E-state index is 9.99. The lowest BCUT2D eigenvalue weighted by atomic mass is 9.66. The van der Waals surface area contributed by atoms with E-state index in [1.54, 1.807) is 11.8 Å². The van der Waals surface area contributed by atoms with Gasteiger partial charge in [0.25, 0.3) is 0 Å². The fourth-order valence-corrected chi connectivity index (χ4v) is 12.7. The quantitative estimate of drug-likeness (QED) is 0.174. The third-order valence-corrected chi connectivity index (χ3v) is 15.6. The Morgan fingerprint density at radius 2 is 0.929 bits per heavy atom. The molecule has 9 heteroatoms. The smallest absolute Gasteiger partial charge is 0.132 e. The molecule has 1 spiro atoms. The number of pyridine rings is 2. The van der Waals surface area contributed by atoms with Gasteiger partial charge in [0, 0.05) is 59.3 Å². The second kappa shape index (κ2) is 14.3. The van der Waals surface area contributed by atoms with Crippen LogP contribution in [-0.2, 0) is 5.41 Å². The molecule has 0 saturated carbocycles. The van der Waals surface area contributed by atoms with E-state index in [1.807, 2.05) is 54.9 Å². The lowest BCUT2D eigenvalue weighted by Crippen LogP contribution is -2.33. The molecule has 1 unspecified atom stereocenters. The van der Waals surface area contributed by atoms with E-state index < -0.39 is 5.41 Å². The van der Waals surface area contributed by atoms with Gasteiger partial charge in [-0.3, -0.25) is 9.97 Å². The van der Waals surface area contributed by atoms with Crippen LogP contribution in [0.3, 0.4) is 0 Å². The summed E-state index contributed by atoms with van der Waals surface area (Å²) < 4.78 is 11.6. The Hall–Kier alpha value is -9.41. The molecule has 4 aromatic heterocycles. The summed E-state index contributed by atoms with van der Waals surface area (Å²) in [6.07, 6.45) is 3.96. The highest BCUT2D eigenvalue weighted by molar-refractivity contribution is 7.99. The van der Waals surface area contributed by atoms with E-state index in [0.717, 1.165) is 117 Å². The van der Waals surface area contributed by atoms with Gasteiger partial charge in [-0.05, 0) is 109 Å². The topological polar surface area (TPSA) is 95.7 Å². The summed E-state index contributed by atoms with van der Waals surface area (Å²) in [5.41, 5.74) is 14.7. The number of aromatic nitrogens is 4. The van der Waals surface area contributed by atoms with Crippen LogP contribution >= 0.6 is 11.8 Å². The van der Waals surface area contributed by atoms with Crippen molar-refractivity contribution in [3.05, 3.63) is 234 Å². The van der Waals surface area contributed by atoms with E-state index in [4.69, 9.17) is 14.7 Å².